The van der Waals surface area contributed by atoms with E-state index in [0.717, 1.165) is 31.6 Å². The monoisotopic (exact) mass is 233 g/mol. The highest BCUT2D eigenvalue weighted by molar-refractivity contribution is 6.18. The molecule has 1 rings (SSSR count). The largest absolute Gasteiger partial charge is 0.380 e. The van der Waals surface area contributed by atoms with Crippen molar-refractivity contribution >= 4 is 11.6 Å². The molecule has 0 N–H and O–H groups in total. The van der Waals surface area contributed by atoms with Crippen LogP contribution in [0.5, 0.6) is 0 Å². The van der Waals surface area contributed by atoms with E-state index in [2.05, 4.69) is 18.7 Å². The molecule has 0 aliphatic carbocycles. The van der Waals surface area contributed by atoms with Gasteiger partial charge in [0, 0.05) is 25.1 Å². The zero-order chi connectivity index (χ0) is 11.1. The van der Waals surface area contributed by atoms with Crippen molar-refractivity contribution in [1.82, 2.24) is 4.90 Å². The Hall–Kier alpha value is 0.210. The highest BCUT2D eigenvalue weighted by atomic mass is 35.5. The molecule has 0 spiro atoms. The fourth-order valence-corrected chi connectivity index (χ4v) is 2.32. The second kappa shape index (κ2) is 7.48. The Bertz CT molecular complexity index is 164. The van der Waals surface area contributed by atoms with Crippen molar-refractivity contribution in [3.05, 3.63) is 0 Å². The van der Waals surface area contributed by atoms with E-state index in [0.29, 0.717) is 6.04 Å². The van der Waals surface area contributed by atoms with Crippen molar-refractivity contribution in [1.29, 1.82) is 0 Å². The van der Waals surface area contributed by atoms with Crippen molar-refractivity contribution in [2.45, 2.75) is 39.2 Å². The highest BCUT2D eigenvalue weighted by Crippen LogP contribution is 2.17. The molecular formula is C12H24ClNO. The van der Waals surface area contributed by atoms with Gasteiger partial charge in [-0.1, -0.05) is 13.8 Å². The van der Waals surface area contributed by atoms with Crippen molar-refractivity contribution in [2.24, 2.45) is 5.92 Å². The predicted octanol–water partition coefficient (Wildman–Crippen LogP) is 2.75. The SMILES string of the molecule is CC(C)CCOCCN1CCCC1CCl. The van der Waals surface area contributed by atoms with Crippen molar-refractivity contribution in [3.8, 4) is 0 Å². The maximum atomic E-state index is 5.90. The van der Waals surface area contributed by atoms with Crippen LogP contribution < -0.4 is 0 Å². The average molecular weight is 234 g/mol. The molecule has 1 fully saturated rings. The number of likely N-dealkylation sites (tertiary alicyclic amines) is 1. The molecule has 1 unspecified atom stereocenters. The van der Waals surface area contributed by atoms with Crippen LogP contribution >= 0.6 is 11.6 Å². The highest BCUT2D eigenvalue weighted by Gasteiger charge is 2.22. The van der Waals surface area contributed by atoms with E-state index in [1.807, 2.05) is 0 Å². The molecule has 1 atom stereocenters. The number of nitrogens with zero attached hydrogens (tertiary/aromatic N) is 1. The lowest BCUT2D eigenvalue weighted by Gasteiger charge is -2.22. The van der Waals surface area contributed by atoms with Gasteiger partial charge in [0.25, 0.3) is 0 Å². The summed E-state index contributed by atoms with van der Waals surface area (Å²) in [5, 5.41) is 0. The van der Waals surface area contributed by atoms with Gasteiger partial charge in [-0.2, -0.15) is 0 Å². The van der Waals surface area contributed by atoms with Crippen LogP contribution in [0.1, 0.15) is 33.1 Å². The van der Waals surface area contributed by atoms with Crippen LogP contribution in [0.2, 0.25) is 0 Å². The van der Waals surface area contributed by atoms with Crippen molar-refractivity contribution in [3.63, 3.8) is 0 Å². The van der Waals surface area contributed by atoms with Gasteiger partial charge >= 0.3 is 0 Å². The van der Waals surface area contributed by atoms with E-state index < -0.39 is 0 Å². The molecule has 0 saturated carbocycles. The maximum Gasteiger partial charge on any atom is 0.0593 e. The quantitative estimate of drug-likeness (QED) is 0.495. The van der Waals surface area contributed by atoms with Crippen molar-refractivity contribution in [2.75, 3.05) is 32.2 Å². The van der Waals surface area contributed by atoms with Gasteiger partial charge in [0.15, 0.2) is 0 Å². The lowest BCUT2D eigenvalue weighted by molar-refractivity contribution is 0.0947. The Kier molecular flexibility index (Phi) is 6.62. The zero-order valence-corrected chi connectivity index (χ0v) is 10.8. The third-order valence-electron chi connectivity index (χ3n) is 3.04. The molecule has 0 aromatic rings. The summed E-state index contributed by atoms with van der Waals surface area (Å²) in [6, 6.07) is 0.598. The number of rotatable bonds is 7. The van der Waals surface area contributed by atoms with E-state index in [9.17, 15) is 0 Å². The minimum Gasteiger partial charge on any atom is -0.380 e. The van der Waals surface area contributed by atoms with Crippen LogP contribution in [0.25, 0.3) is 0 Å². The van der Waals surface area contributed by atoms with Gasteiger partial charge in [0.05, 0.1) is 6.61 Å². The Labute approximate surface area is 98.9 Å². The van der Waals surface area contributed by atoms with Gasteiger partial charge in [0.2, 0.25) is 0 Å². The predicted molar refractivity (Wildman–Crippen MR) is 65.6 cm³/mol. The molecule has 2 nitrogen and oxygen atoms in total. The van der Waals surface area contributed by atoms with Crippen LogP contribution in [0, 0.1) is 5.92 Å². The molecule has 1 heterocycles. The molecule has 0 aromatic heterocycles. The normalized spacial score (nSPS) is 22.8. The van der Waals surface area contributed by atoms with Crippen LogP contribution in [-0.4, -0.2) is 43.1 Å². The topological polar surface area (TPSA) is 12.5 Å². The van der Waals surface area contributed by atoms with Crippen LogP contribution in [0.15, 0.2) is 0 Å². The molecule has 15 heavy (non-hydrogen) atoms. The van der Waals surface area contributed by atoms with Crippen LogP contribution in [0.3, 0.4) is 0 Å². The molecule has 0 amide bonds. The van der Waals surface area contributed by atoms with Gasteiger partial charge in [-0.3, -0.25) is 4.90 Å². The van der Waals surface area contributed by atoms with Gasteiger partial charge < -0.3 is 4.74 Å². The summed E-state index contributed by atoms with van der Waals surface area (Å²) in [6.07, 6.45) is 3.72. The van der Waals surface area contributed by atoms with E-state index >= 15 is 0 Å². The summed E-state index contributed by atoms with van der Waals surface area (Å²) in [5.41, 5.74) is 0. The smallest absolute Gasteiger partial charge is 0.0593 e. The van der Waals surface area contributed by atoms with E-state index in [4.69, 9.17) is 16.3 Å². The first-order valence-electron chi connectivity index (χ1n) is 6.11. The van der Waals surface area contributed by atoms with E-state index in [-0.39, 0.29) is 0 Å². The number of ether oxygens (including phenoxy) is 1. The van der Waals surface area contributed by atoms with Crippen LogP contribution in [-0.2, 0) is 4.74 Å². The second-order valence-corrected chi connectivity index (χ2v) is 5.09. The fraction of sp³-hybridized carbons (Fsp3) is 1.00. The Morgan fingerprint density at radius 2 is 2.20 bits per heavy atom. The summed E-state index contributed by atoms with van der Waals surface area (Å²) >= 11 is 5.90. The summed E-state index contributed by atoms with van der Waals surface area (Å²) < 4.78 is 5.61. The van der Waals surface area contributed by atoms with Crippen LogP contribution in [0.4, 0.5) is 0 Å². The molecule has 3 heteroatoms. The molecule has 0 radical (unpaired) electrons. The third kappa shape index (κ3) is 5.19. The Morgan fingerprint density at radius 3 is 2.87 bits per heavy atom. The first-order valence-corrected chi connectivity index (χ1v) is 6.65. The molecular weight excluding hydrogens is 210 g/mol. The summed E-state index contributed by atoms with van der Waals surface area (Å²) in [4.78, 5) is 2.46. The van der Waals surface area contributed by atoms with Gasteiger partial charge in [0.1, 0.15) is 0 Å². The standard InChI is InChI=1S/C12H24ClNO/c1-11(2)5-8-15-9-7-14-6-3-4-12(14)10-13/h11-12H,3-10H2,1-2H3. The van der Waals surface area contributed by atoms with E-state index in [1.54, 1.807) is 0 Å². The first kappa shape index (κ1) is 13.3. The fourth-order valence-electron chi connectivity index (χ4n) is 1.97. The zero-order valence-electron chi connectivity index (χ0n) is 10.0. The number of hydrogen-bond donors (Lipinski definition) is 0. The van der Waals surface area contributed by atoms with Gasteiger partial charge in [-0.25, -0.2) is 0 Å². The number of alkyl halides is 1. The summed E-state index contributed by atoms with van der Waals surface area (Å²) in [5.74, 6) is 1.51. The van der Waals surface area contributed by atoms with E-state index in [1.165, 1.54) is 25.8 Å². The molecule has 0 bridgehead atoms. The lowest BCUT2D eigenvalue weighted by Crippen LogP contribution is -2.33. The Morgan fingerprint density at radius 1 is 1.40 bits per heavy atom. The van der Waals surface area contributed by atoms with Gasteiger partial charge in [-0.05, 0) is 31.7 Å². The third-order valence-corrected chi connectivity index (χ3v) is 3.40. The van der Waals surface area contributed by atoms with Crippen molar-refractivity contribution < 1.29 is 4.74 Å². The number of hydrogen-bond acceptors (Lipinski definition) is 2. The average Bonchev–Trinajstić information content (AvgIpc) is 2.64. The minimum absolute atomic E-state index is 0.598. The minimum atomic E-state index is 0.598. The molecule has 0 aromatic carbocycles. The summed E-state index contributed by atoms with van der Waals surface area (Å²) in [6.45, 7) is 8.47. The molecule has 1 aliphatic heterocycles. The van der Waals surface area contributed by atoms with Gasteiger partial charge in [-0.15, -0.1) is 11.6 Å². The molecule has 1 aliphatic rings. The second-order valence-electron chi connectivity index (χ2n) is 4.78. The molecule has 90 valence electrons. The Balaban J connectivity index is 1.99. The lowest BCUT2D eigenvalue weighted by atomic mass is 10.1. The summed E-state index contributed by atoms with van der Waals surface area (Å²) in [7, 11) is 0. The first-order chi connectivity index (χ1) is 7.24. The molecule has 1 saturated heterocycles. The number of halogens is 1. The maximum absolute atomic E-state index is 5.90.